The summed E-state index contributed by atoms with van der Waals surface area (Å²) in [4.78, 5) is 14.3. The summed E-state index contributed by atoms with van der Waals surface area (Å²) in [5.41, 5.74) is 0. The predicted molar refractivity (Wildman–Crippen MR) is 41.4 cm³/mol. The molecule has 0 radical (unpaired) electrons. The van der Waals surface area contributed by atoms with Crippen molar-refractivity contribution in [2.45, 2.75) is 12.6 Å². The maximum absolute atomic E-state index is 11.7. The molecule has 0 fully saturated rings. The monoisotopic (exact) mass is 210 g/mol. The molecule has 0 aliphatic carbocycles. The minimum Gasteiger partial charge on any atom is -0.302 e. The molecule has 7 heteroatoms. The van der Waals surface area contributed by atoms with Crippen molar-refractivity contribution in [3.8, 4) is 0 Å². The van der Waals surface area contributed by atoms with Crippen LogP contribution in [0.1, 0.15) is 6.42 Å². The Morgan fingerprint density at radius 3 is 2.77 bits per heavy atom. The number of alkyl halides is 3. The third-order valence-electron chi connectivity index (χ3n) is 1.04. The van der Waals surface area contributed by atoms with Crippen LogP contribution >= 0.6 is 11.3 Å². The van der Waals surface area contributed by atoms with Gasteiger partial charge in [0.2, 0.25) is 5.91 Å². The lowest BCUT2D eigenvalue weighted by Crippen LogP contribution is -2.20. The first-order chi connectivity index (χ1) is 5.97. The average Bonchev–Trinajstić information content (AvgIpc) is 2.34. The fourth-order valence-electron chi connectivity index (χ4n) is 0.631. The summed E-state index contributed by atoms with van der Waals surface area (Å²) in [5, 5.41) is 3.76. The Labute approximate surface area is 75.6 Å². The lowest BCUT2D eigenvalue weighted by atomic mass is 10.4. The van der Waals surface area contributed by atoms with Crippen molar-refractivity contribution in [1.29, 1.82) is 0 Å². The molecule has 0 bridgehead atoms. The van der Waals surface area contributed by atoms with E-state index in [1.165, 1.54) is 6.20 Å². The fourth-order valence-corrected chi connectivity index (χ4v) is 1.18. The molecule has 0 aliphatic rings. The van der Waals surface area contributed by atoms with E-state index >= 15 is 0 Å². The fraction of sp³-hybridized carbons (Fsp3) is 0.333. The van der Waals surface area contributed by atoms with Crippen LogP contribution < -0.4 is 5.32 Å². The highest BCUT2D eigenvalue weighted by Gasteiger charge is 2.31. The summed E-state index contributed by atoms with van der Waals surface area (Å²) in [6.07, 6.45) is -4.55. The molecule has 0 saturated heterocycles. The number of nitrogens with one attached hydrogen (secondary N) is 1. The van der Waals surface area contributed by atoms with Crippen molar-refractivity contribution in [2.75, 3.05) is 5.32 Å². The van der Waals surface area contributed by atoms with Gasteiger partial charge in [0.15, 0.2) is 5.13 Å². The maximum Gasteiger partial charge on any atom is 0.397 e. The van der Waals surface area contributed by atoms with Crippen molar-refractivity contribution < 1.29 is 18.0 Å². The number of aromatic nitrogens is 1. The number of nitrogens with zero attached hydrogens (tertiary/aromatic N) is 1. The smallest absolute Gasteiger partial charge is 0.302 e. The molecule has 1 N–H and O–H groups in total. The number of amides is 1. The highest BCUT2D eigenvalue weighted by Crippen LogP contribution is 2.20. The molecule has 0 atom stereocenters. The van der Waals surface area contributed by atoms with Gasteiger partial charge in [0.05, 0.1) is 0 Å². The molecule has 0 aromatic carbocycles. The van der Waals surface area contributed by atoms with E-state index in [1.54, 1.807) is 5.38 Å². The number of anilines is 1. The Bertz CT molecular complexity index is 283. The second kappa shape index (κ2) is 3.73. The summed E-state index contributed by atoms with van der Waals surface area (Å²) < 4.78 is 35.0. The number of hydrogen-bond donors (Lipinski definition) is 1. The van der Waals surface area contributed by atoms with Gasteiger partial charge >= 0.3 is 6.18 Å². The zero-order valence-electron chi connectivity index (χ0n) is 6.26. The SMILES string of the molecule is O=C(CC(F)(F)F)Nc1nccs1. The van der Waals surface area contributed by atoms with E-state index in [0.29, 0.717) is 0 Å². The van der Waals surface area contributed by atoms with Crippen LogP contribution in [-0.4, -0.2) is 17.1 Å². The number of rotatable bonds is 2. The largest absolute Gasteiger partial charge is 0.397 e. The van der Waals surface area contributed by atoms with Crippen LogP contribution in [0.5, 0.6) is 0 Å². The number of halogens is 3. The van der Waals surface area contributed by atoms with Gasteiger partial charge in [-0.25, -0.2) is 4.98 Å². The Morgan fingerprint density at radius 1 is 1.62 bits per heavy atom. The first-order valence-corrected chi connectivity index (χ1v) is 4.11. The molecule has 1 amide bonds. The van der Waals surface area contributed by atoms with Gasteiger partial charge in [0.25, 0.3) is 0 Å². The Balaban J connectivity index is 2.43. The maximum atomic E-state index is 11.7. The Kier molecular flexibility index (Phi) is 2.86. The lowest BCUT2D eigenvalue weighted by Gasteiger charge is -2.04. The molecule has 1 aromatic heterocycles. The molecule has 1 heterocycles. The summed E-state index contributed by atoms with van der Waals surface area (Å²) >= 11 is 1.07. The molecule has 0 saturated carbocycles. The van der Waals surface area contributed by atoms with Gasteiger partial charge in [0.1, 0.15) is 6.42 Å². The van der Waals surface area contributed by atoms with Gasteiger partial charge in [0, 0.05) is 11.6 Å². The van der Waals surface area contributed by atoms with E-state index in [2.05, 4.69) is 4.98 Å². The Hall–Kier alpha value is -1.11. The van der Waals surface area contributed by atoms with E-state index in [4.69, 9.17) is 0 Å². The van der Waals surface area contributed by atoms with Crippen LogP contribution in [0.3, 0.4) is 0 Å². The topological polar surface area (TPSA) is 42.0 Å². The second-order valence-corrected chi connectivity index (χ2v) is 3.07. The third kappa shape index (κ3) is 3.88. The molecule has 1 aromatic rings. The van der Waals surface area contributed by atoms with Crippen LogP contribution in [-0.2, 0) is 4.79 Å². The molecule has 13 heavy (non-hydrogen) atoms. The van der Waals surface area contributed by atoms with E-state index < -0.39 is 18.5 Å². The summed E-state index contributed by atoms with van der Waals surface area (Å²) in [6.45, 7) is 0. The van der Waals surface area contributed by atoms with Crippen LogP contribution in [0, 0.1) is 0 Å². The minimum atomic E-state index is -4.47. The molecule has 72 valence electrons. The third-order valence-corrected chi connectivity index (χ3v) is 1.73. The molecule has 3 nitrogen and oxygen atoms in total. The second-order valence-electron chi connectivity index (χ2n) is 2.18. The number of carbonyl (C=O) groups excluding carboxylic acids is 1. The van der Waals surface area contributed by atoms with Gasteiger partial charge in [-0.05, 0) is 0 Å². The number of thiazole rings is 1. The predicted octanol–water partition coefficient (Wildman–Crippen LogP) is 2.03. The van der Waals surface area contributed by atoms with Crippen molar-refractivity contribution in [3.05, 3.63) is 11.6 Å². The van der Waals surface area contributed by atoms with E-state index in [9.17, 15) is 18.0 Å². The zero-order chi connectivity index (χ0) is 9.90. The normalized spacial score (nSPS) is 11.3. The molecule has 0 spiro atoms. The summed E-state index contributed by atoms with van der Waals surface area (Å²) in [6, 6.07) is 0. The first kappa shape index (κ1) is 9.97. The minimum absolute atomic E-state index is 0.175. The molecular formula is C6H5F3N2OS. The first-order valence-electron chi connectivity index (χ1n) is 3.23. The van der Waals surface area contributed by atoms with Crippen molar-refractivity contribution in [3.63, 3.8) is 0 Å². The van der Waals surface area contributed by atoms with Gasteiger partial charge in [-0.15, -0.1) is 11.3 Å². The highest BCUT2D eigenvalue weighted by atomic mass is 32.1. The van der Waals surface area contributed by atoms with Crippen LogP contribution in [0.2, 0.25) is 0 Å². The molecular weight excluding hydrogens is 205 g/mol. The number of hydrogen-bond acceptors (Lipinski definition) is 3. The molecule has 1 rings (SSSR count). The Morgan fingerprint density at radius 2 is 2.31 bits per heavy atom. The standard InChI is InChI=1S/C6H5F3N2OS/c7-6(8,9)3-4(12)11-5-10-1-2-13-5/h1-2H,3H2,(H,10,11,12). The van der Waals surface area contributed by atoms with E-state index in [1.807, 2.05) is 5.32 Å². The van der Waals surface area contributed by atoms with E-state index in [-0.39, 0.29) is 5.13 Å². The molecule has 0 unspecified atom stereocenters. The average molecular weight is 210 g/mol. The molecule has 0 aliphatic heterocycles. The van der Waals surface area contributed by atoms with Crippen LogP contribution in [0.15, 0.2) is 11.6 Å². The summed E-state index contributed by atoms with van der Waals surface area (Å²) in [5.74, 6) is -1.09. The number of carbonyl (C=O) groups is 1. The van der Waals surface area contributed by atoms with Crippen LogP contribution in [0.4, 0.5) is 18.3 Å². The van der Waals surface area contributed by atoms with E-state index in [0.717, 1.165) is 11.3 Å². The van der Waals surface area contributed by atoms with Gasteiger partial charge in [-0.3, -0.25) is 4.79 Å². The van der Waals surface area contributed by atoms with Gasteiger partial charge in [-0.1, -0.05) is 0 Å². The highest BCUT2D eigenvalue weighted by molar-refractivity contribution is 7.13. The van der Waals surface area contributed by atoms with Crippen molar-refractivity contribution in [1.82, 2.24) is 4.98 Å². The van der Waals surface area contributed by atoms with Crippen molar-refractivity contribution in [2.24, 2.45) is 0 Å². The summed E-state index contributed by atoms with van der Waals surface area (Å²) in [7, 11) is 0. The zero-order valence-corrected chi connectivity index (χ0v) is 7.08. The quantitative estimate of drug-likeness (QED) is 0.811. The van der Waals surface area contributed by atoms with Crippen molar-refractivity contribution >= 4 is 22.4 Å². The van der Waals surface area contributed by atoms with Gasteiger partial charge < -0.3 is 5.32 Å². The van der Waals surface area contributed by atoms with Crippen LogP contribution in [0.25, 0.3) is 0 Å². The lowest BCUT2D eigenvalue weighted by molar-refractivity contribution is -0.150. The van der Waals surface area contributed by atoms with Gasteiger partial charge in [-0.2, -0.15) is 13.2 Å².